The Bertz CT molecular complexity index is 837. The highest BCUT2D eigenvalue weighted by Gasteiger charge is 2.34. The van der Waals surface area contributed by atoms with Gasteiger partial charge in [-0.15, -0.1) is 0 Å². The molecule has 1 fully saturated rings. The zero-order valence-corrected chi connectivity index (χ0v) is 18.4. The highest BCUT2D eigenvalue weighted by atomic mass is 32.2. The highest BCUT2D eigenvalue weighted by Crippen LogP contribution is 2.30. The minimum Gasteiger partial charge on any atom is -0.495 e. The van der Waals surface area contributed by atoms with E-state index >= 15 is 0 Å². The van der Waals surface area contributed by atoms with E-state index in [1.165, 1.54) is 29.6 Å². The van der Waals surface area contributed by atoms with Crippen LogP contribution in [-0.4, -0.2) is 62.7 Å². The monoisotopic (exact) mass is 425 g/mol. The van der Waals surface area contributed by atoms with Crippen molar-refractivity contribution < 1.29 is 22.7 Å². The molecule has 29 heavy (non-hydrogen) atoms. The van der Waals surface area contributed by atoms with Gasteiger partial charge < -0.3 is 15.0 Å². The summed E-state index contributed by atoms with van der Waals surface area (Å²) in [5.41, 5.74) is 0.283. The summed E-state index contributed by atoms with van der Waals surface area (Å²) >= 11 is 0. The van der Waals surface area contributed by atoms with Gasteiger partial charge in [-0.05, 0) is 24.6 Å². The van der Waals surface area contributed by atoms with Crippen LogP contribution in [0.2, 0.25) is 0 Å². The molecule has 1 aromatic rings. The maximum absolute atomic E-state index is 12.8. The van der Waals surface area contributed by atoms with E-state index in [9.17, 15) is 18.0 Å². The molecule has 0 radical (unpaired) electrons. The third-order valence-corrected chi connectivity index (χ3v) is 7.18. The summed E-state index contributed by atoms with van der Waals surface area (Å²) < 4.78 is 32.2. The SMILES string of the molecule is CCCCN1C[C@H](C(=O)Nc2cc(S(=O)(=O)N(CC)CC)ccc2OC)CC1=O. The van der Waals surface area contributed by atoms with Gasteiger partial charge in [0, 0.05) is 32.6 Å². The zero-order chi connectivity index (χ0) is 21.6. The number of hydrogen-bond donors (Lipinski definition) is 1. The van der Waals surface area contributed by atoms with Gasteiger partial charge in [-0.3, -0.25) is 9.59 Å². The van der Waals surface area contributed by atoms with E-state index in [4.69, 9.17) is 4.74 Å². The second-order valence-electron chi connectivity index (χ2n) is 7.04. The lowest BCUT2D eigenvalue weighted by Gasteiger charge is -2.20. The van der Waals surface area contributed by atoms with E-state index in [2.05, 4.69) is 12.2 Å². The Kier molecular flexibility index (Phi) is 8.04. The van der Waals surface area contributed by atoms with Crippen molar-refractivity contribution >= 4 is 27.5 Å². The van der Waals surface area contributed by atoms with E-state index < -0.39 is 15.9 Å². The van der Waals surface area contributed by atoms with Gasteiger partial charge in [0.2, 0.25) is 21.8 Å². The van der Waals surface area contributed by atoms with Gasteiger partial charge in [-0.1, -0.05) is 27.2 Å². The van der Waals surface area contributed by atoms with E-state index in [1.54, 1.807) is 18.7 Å². The van der Waals surface area contributed by atoms with Crippen LogP contribution in [0.15, 0.2) is 23.1 Å². The standard InChI is InChI=1S/C20H31N3O5S/c1-5-8-11-22-14-15(12-19(22)24)20(25)21-17-13-16(9-10-18(17)28-4)29(26,27)23(6-2)7-3/h9-10,13,15H,5-8,11-12,14H2,1-4H3,(H,21,25)/t15-/m1/s1. The summed E-state index contributed by atoms with van der Waals surface area (Å²) in [5, 5.41) is 2.76. The van der Waals surface area contributed by atoms with Crippen LogP contribution in [0.5, 0.6) is 5.75 Å². The third kappa shape index (κ3) is 5.27. The van der Waals surface area contributed by atoms with Gasteiger partial charge in [0.25, 0.3) is 0 Å². The van der Waals surface area contributed by atoms with Crippen molar-refractivity contribution in [3.63, 3.8) is 0 Å². The Hall–Kier alpha value is -2.13. The van der Waals surface area contributed by atoms with Crippen LogP contribution >= 0.6 is 0 Å². The van der Waals surface area contributed by atoms with Crippen molar-refractivity contribution in [1.82, 2.24) is 9.21 Å². The average molecular weight is 426 g/mol. The van der Waals surface area contributed by atoms with Crippen molar-refractivity contribution in [2.45, 2.75) is 44.9 Å². The number of likely N-dealkylation sites (tertiary alicyclic amines) is 1. The molecule has 9 heteroatoms. The molecular formula is C20H31N3O5S. The highest BCUT2D eigenvalue weighted by molar-refractivity contribution is 7.89. The number of hydrogen-bond acceptors (Lipinski definition) is 5. The Morgan fingerprint density at radius 1 is 1.28 bits per heavy atom. The number of amides is 2. The molecule has 0 bridgehead atoms. The number of nitrogens with one attached hydrogen (secondary N) is 1. The first-order valence-electron chi connectivity index (χ1n) is 10.0. The Morgan fingerprint density at radius 2 is 1.97 bits per heavy atom. The molecule has 2 rings (SSSR count). The maximum atomic E-state index is 12.8. The number of ether oxygens (including phenoxy) is 1. The molecule has 2 amide bonds. The molecule has 0 aliphatic carbocycles. The van der Waals surface area contributed by atoms with Crippen molar-refractivity contribution in [3.8, 4) is 5.75 Å². The third-order valence-electron chi connectivity index (χ3n) is 5.14. The Morgan fingerprint density at radius 3 is 2.55 bits per heavy atom. The molecule has 1 aromatic carbocycles. The largest absolute Gasteiger partial charge is 0.495 e. The molecule has 8 nitrogen and oxygen atoms in total. The minimum absolute atomic E-state index is 0.0246. The summed E-state index contributed by atoms with van der Waals surface area (Å²) in [6.45, 7) is 7.33. The molecule has 1 atom stereocenters. The molecule has 0 unspecified atom stereocenters. The van der Waals surface area contributed by atoms with Crippen molar-refractivity contribution in [2.24, 2.45) is 5.92 Å². The number of nitrogens with zero attached hydrogens (tertiary/aromatic N) is 2. The molecular weight excluding hydrogens is 394 g/mol. The molecule has 162 valence electrons. The average Bonchev–Trinajstić information content (AvgIpc) is 3.07. The van der Waals surface area contributed by atoms with Gasteiger partial charge in [-0.2, -0.15) is 4.31 Å². The number of anilines is 1. The quantitative estimate of drug-likeness (QED) is 0.621. The molecule has 1 heterocycles. The first kappa shape index (κ1) is 23.2. The maximum Gasteiger partial charge on any atom is 0.243 e. The van der Waals surface area contributed by atoms with Crippen LogP contribution in [0.3, 0.4) is 0 Å². The second kappa shape index (κ2) is 10.1. The van der Waals surface area contributed by atoms with Crippen molar-refractivity contribution in [1.29, 1.82) is 0 Å². The lowest BCUT2D eigenvalue weighted by molar-refractivity contribution is -0.128. The first-order valence-corrected chi connectivity index (χ1v) is 11.5. The van der Waals surface area contributed by atoms with Gasteiger partial charge in [-0.25, -0.2) is 8.42 Å². The van der Waals surface area contributed by atoms with Crippen LogP contribution in [0, 0.1) is 5.92 Å². The Labute approximate surface area is 173 Å². The number of unbranched alkanes of at least 4 members (excludes halogenated alkanes) is 1. The van der Waals surface area contributed by atoms with E-state index in [1.807, 2.05) is 0 Å². The van der Waals surface area contributed by atoms with E-state index in [0.29, 0.717) is 31.9 Å². The Balaban J connectivity index is 2.21. The van der Waals surface area contributed by atoms with Crippen LogP contribution < -0.4 is 10.1 Å². The van der Waals surface area contributed by atoms with Crippen LogP contribution in [0.4, 0.5) is 5.69 Å². The molecule has 0 spiro atoms. The fraction of sp³-hybridized carbons (Fsp3) is 0.600. The predicted molar refractivity (Wildman–Crippen MR) is 111 cm³/mol. The number of carbonyl (C=O) groups is 2. The number of benzene rings is 1. The number of rotatable bonds is 10. The molecule has 1 N–H and O–H groups in total. The lowest BCUT2D eigenvalue weighted by atomic mass is 10.1. The summed E-state index contributed by atoms with van der Waals surface area (Å²) in [4.78, 5) is 26.7. The fourth-order valence-corrected chi connectivity index (χ4v) is 4.89. The van der Waals surface area contributed by atoms with Crippen LogP contribution in [0.25, 0.3) is 0 Å². The zero-order valence-electron chi connectivity index (χ0n) is 17.6. The van der Waals surface area contributed by atoms with Crippen LogP contribution in [-0.2, 0) is 19.6 Å². The van der Waals surface area contributed by atoms with Crippen molar-refractivity contribution in [2.75, 3.05) is 38.6 Å². The lowest BCUT2D eigenvalue weighted by Crippen LogP contribution is -2.31. The van der Waals surface area contributed by atoms with Crippen LogP contribution in [0.1, 0.15) is 40.0 Å². The summed E-state index contributed by atoms with van der Waals surface area (Å²) in [5.74, 6) is -0.437. The summed E-state index contributed by atoms with van der Waals surface area (Å²) in [7, 11) is -2.21. The molecule has 0 saturated carbocycles. The summed E-state index contributed by atoms with van der Waals surface area (Å²) in [6, 6.07) is 4.41. The topological polar surface area (TPSA) is 96.0 Å². The van der Waals surface area contributed by atoms with Gasteiger partial charge >= 0.3 is 0 Å². The van der Waals surface area contributed by atoms with E-state index in [0.717, 1.165) is 12.8 Å². The first-order chi connectivity index (χ1) is 13.8. The van der Waals surface area contributed by atoms with Gasteiger partial charge in [0.15, 0.2) is 0 Å². The fourth-order valence-electron chi connectivity index (χ4n) is 3.41. The summed E-state index contributed by atoms with van der Waals surface area (Å²) in [6.07, 6.45) is 2.04. The molecule has 0 aromatic heterocycles. The predicted octanol–water partition coefficient (Wildman–Crippen LogP) is 2.31. The number of methoxy groups -OCH3 is 1. The smallest absolute Gasteiger partial charge is 0.243 e. The number of sulfonamides is 1. The minimum atomic E-state index is -3.67. The van der Waals surface area contributed by atoms with Gasteiger partial charge in [0.1, 0.15) is 5.75 Å². The van der Waals surface area contributed by atoms with Gasteiger partial charge in [0.05, 0.1) is 23.6 Å². The molecule has 1 aliphatic heterocycles. The van der Waals surface area contributed by atoms with E-state index in [-0.39, 0.29) is 28.8 Å². The molecule has 1 aliphatic rings. The van der Waals surface area contributed by atoms with Crippen molar-refractivity contribution in [3.05, 3.63) is 18.2 Å². The number of carbonyl (C=O) groups excluding carboxylic acids is 2. The molecule has 1 saturated heterocycles. The second-order valence-corrected chi connectivity index (χ2v) is 8.97. The normalized spacial score (nSPS) is 17.1.